The zero-order chi connectivity index (χ0) is 7.40. The van der Waals surface area contributed by atoms with Gasteiger partial charge in [0, 0.05) is 18.0 Å². The second kappa shape index (κ2) is 3.03. The van der Waals surface area contributed by atoms with Gasteiger partial charge in [0.05, 0.1) is 13.3 Å². The largest absolute Gasteiger partial charge is 0.761 e. The van der Waals surface area contributed by atoms with Gasteiger partial charge in [-0.05, 0) is 0 Å². The summed E-state index contributed by atoms with van der Waals surface area (Å²) in [4.78, 5) is 3.74. The van der Waals surface area contributed by atoms with E-state index in [9.17, 15) is 5.21 Å². The van der Waals surface area contributed by atoms with Gasteiger partial charge >= 0.3 is 0 Å². The zero-order valence-corrected chi connectivity index (χ0v) is 5.50. The van der Waals surface area contributed by atoms with Crippen LogP contribution in [0, 0.1) is 5.21 Å². The number of nitrogens with zero attached hydrogens (tertiary/aromatic N) is 1. The summed E-state index contributed by atoms with van der Waals surface area (Å²) in [6.07, 6.45) is 2.95. The molecule has 0 saturated carbocycles. The van der Waals surface area contributed by atoms with Gasteiger partial charge in [-0.25, -0.2) is 0 Å². The Morgan fingerprint density at radius 1 is 1.60 bits per heavy atom. The van der Waals surface area contributed by atoms with Crippen molar-refractivity contribution in [3.8, 4) is 5.75 Å². The van der Waals surface area contributed by atoms with Crippen molar-refractivity contribution >= 4 is 5.69 Å². The van der Waals surface area contributed by atoms with Crippen molar-refractivity contribution in [2.75, 3.05) is 12.6 Å². The molecule has 1 N–H and O–H groups in total. The average molecular weight is 139 g/mol. The fourth-order valence-electron chi connectivity index (χ4n) is 0.586. The Morgan fingerprint density at radius 2 is 2.40 bits per heavy atom. The molecule has 0 radical (unpaired) electrons. The number of anilines is 1. The second-order valence-electron chi connectivity index (χ2n) is 1.72. The molecule has 1 aromatic heterocycles. The van der Waals surface area contributed by atoms with Crippen LogP contribution in [0.15, 0.2) is 18.5 Å². The summed E-state index contributed by atoms with van der Waals surface area (Å²) in [6, 6.07) is 1.57. The van der Waals surface area contributed by atoms with Crippen LogP contribution in [0.2, 0.25) is 0 Å². The van der Waals surface area contributed by atoms with Gasteiger partial charge < -0.3 is 15.4 Å². The van der Waals surface area contributed by atoms with E-state index in [1.807, 2.05) is 0 Å². The van der Waals surface area contributed by atoms with Crippen LogP contribution in [-0.4, -0.2) is 12.1 Å². The lowest BCUT2D eigenvalue weighted by Crippen LogP contribution is -1.88. The van der Waals surface area contributed by atoms with E-state index in [1.165, 1.54) is 19.5 Å². The van der Waals surface area contributed by atoms with Gasteiger partial charge in [0.15, 0.2) is 0 Å². The Morgan fingerprint density at radius 3 is 3.00 bits per heavy atom. The summed E-state index contributed by atoms with van der Waals surface area (Å²) >= 11 is 0. The van der Waals surface area contributed by atoms with E-state index < -0.39 is 0 Å². The molecule has 0 spiro atoms. The van der Waals surface area contributed by atoms with Crippen LogP contribution in [0.25, 0.3) is 0 Å². The van der Waals surface area contributed by atoms with Gasteiger partial charge in [0.25, 0.3) is 0 Å². The number of rotatable bonds is 2. The molecule has 0 fully saturated rings. The molecule has 1 rings (SSSR count). The van der Waals surface area contributed by atoms with Crippen LogP contribution >= 0.6 is 0 Å². The van der Waals surface area contributed by atoms with E-state index in [0.717, 1.165) is 0 Å². The van der Waals surface area contributed by atoms with Gasteiger partial charge in [-0.1, -0.05) is 0 Å². The molecular weight excluding hydrogens is 132 g/mol. The van der Waals surface area contributed by atoms with Crippen molar-refractivity contribution in [2.24, 2.45) is 0 Å². The molecule has 0 amide bonds. The molecule has 0 bridgehead atoms. The monoisotopic (exact) mass is 139 g/mol. The van der Waals surface area contributed by atoms with Crippen LogP contribution in [0.5, 0.6) is 5.75 Å². The van der Waals surface area contributed by atoms with Crippen LogP contribution in [0.4, 0.5) is 5.69 Å². The van der Waals surface area contributed by atoms with Crippen molar-refractivity contribution in [3.63, 3.8) is 0 Å². The molecule has 0 atom stereocenters. The molecule has 1 aromatic rings. The minimum atomic E-state index is 0.402. The molecule has 4 heteroatoms. The van der Waals surface area contributed by atoms with E-state index >= 15 is 0 Å². The number of hydrogen-bond acceptors (Lipinski definition) is 4. The number of pyridine rings is 1. The van der Waals surface area contributed by atoms with Gasteiger partial charge in [0.2, 0.25) is 0 Å². The van der Waals surface area contributed by atoms with E-state index in [1.54, 1.807) is 11.5 Å². The summed E-state index contributed by atoms with van der Waals surface area (Å²) in [5.74, 6) is 0.570. The van der Waals surface area contributed by atoms with Gasteiger partial charge in [-0.3, -0.25) is 4.98 Å². The molecule has 0 aromatic carbocycles. The molecule has 4 nitrogen and oxygen atoms in total. The van der Waals surface area contributed by atoms with Crippen molar-refractivity contribution in [2.45, 2.75) is 0 Å². The highest BCUT2D eigenvalue weighted by Gasteiger charge is 1.89. The predicted molar refractivity (Wildman–Crippen MR) is 37.8 cm³/mol. The fraction of sp³-hybridized carbons (Fsp3) is 0.167. The molecule has 0 aliphatic carbocycles. The number of aromatic nitrogens is 1. The highest BCUT2D eigenvalue weighted by Crippen LogP contribution is 2.13. The summed E-state index contributed by atoms with van der Waals surface area (Å²) < 4.78 is 4.82. The van der Waals surface area contributed by atoms with Crippen molar-refractivity contribution < 1.29 is 4.74 Å². The third-order valence-corrected chi connectivity index (χ3v) is 1.07. The first-order valence-corrected chi connectivity index (χ1v) is 2.74. The van der Waals surface area contributed by atoms with Gasteiger partial charge in [-0.2, -0.15) is 0 Å². The van der Waals surface area contributed by atoms with Crippen LogP contribution < -0.4 is 10.2 Å². The SMILES string of the molecule is COc1cncc(N[O-])c1. The lowest BCUT2D eigenvalue weighted by atomic mass is 10.4. The summed E-state index contributed by atoms with van der Waals surface area (Å²) in [7, 11) is 1.52. The number of hydrogen-bond donors (Lipinski definition) is 1. The molecule has 0 aliphatic rings. The number of methoxy groups -OCH3 is 1. The van der Waals surface area contributed by atoms with Crippen LogP contribution in [-0.2, 0) is 0 Å². The first-order valence-electron chi connectivity index (χ1n) is 2.74. The van der Waals surface area contributed by atoms with Crippen LogP contribution in [0.3, 0.4) is 0 Å². The van der Waals surface area contributed by atoms with Gasteiger partial charge in [-0.15, -0.1) is 0 Å². The van der Waals surface area contributed by atoms with Gasteiger partial charge in [0.1, 0.15) is 5.75 Å². The first-order chi connectivity index (χ1) is 4.86. The average Bonchev–Trinajstić information content (AvgIpc) is 2.05. The predicted octanol–water partition coefficient (Wildman–Crippen LogP) is 1.000. The smallest absolute Gasteiger partial charge is 0.139 e. The highest BCUT2D eigenvalue weighted by atomic mass is 16.5. The molecule has 1 heterocycles. The Hall–Kier alpha value is -1.29. The zero-order valence-electron chi connectivity index (χ0n) is 5.50. The third kappa shape index (κ3) is 1.35. The topological polar surface area (TPSA) is 57.2 Å². The standard InChI is InChI=1S/C6H7N2O2/c1-10-6-2-5(8-9)3-7-4-6/h2-4,8H,1H3/q-1. The Kier molecular flexibility index (Phi) is 2.07. The molecule has 0 unspecified atom stereocenters. The van der Waals surface area contributed by atoms with Crippen molar-refractivity contribution in [3.05, 3.63) is 23.7 Å². The lowest BCUT2D eigenvalue weighted by Gasteiger charge is -2.08. The number of nitrogens with one attached hydrogen (secondary N) is 1. The van der Waals surface area contributed by atoms with E-state index in [4.69, 9.17) is 4.74 Å². The fourth-order valence-corrected chi connectivity index (χ4v) is 0.586. The normalized spacial score (nSPS) is 9.00. The minimum Gasteiger partial charge on any atom is -0.761 e. The quantitative estimate of drug-likeness (QED) is 0.621. The van der Waals surface area contributed by atoms with Crippen molar-refractivity contribution in [1.82, 2.24) is 4.98 Å². The minimum absolute atomic E-state index is 0.402. The van der Waals surface area contributed by atoms with Crippen molar-refractivity contribution in [1.29, 1.82) is 0 Å². The summed E-state index contributed by atoms with van der Waals surface area (Å²) in [5.41, 5.74) is 2.11. The summed E-state index contributed by atoms with van der Waals surface area (Å²) in [6.45, 7) is 0. The molecule has 54 valence electrons. The maximum atomic E-state index is 10.1. The third-order valence-electron chi connectivity index (χ3n) is 1.07. The maximum absolute atomic E-state index is 10.1. The second-order valence-corrected chi connectivity index (χ2v) is 1.72. The Labute approximate surface area is 58.4 Å². The molecule has 0 aliphatic heterocycles. The Bertz CT molecular complexity index is 195. The molecule has 0 saturated heterocycles. The lowest BCUT2D eigenvalue weighted by molar-refractivity contribution is 0.413. The Balaban J connectivity index is 2.87. The molecular formula is C6H7N2O2-. The van der Waals surface area contributed by atoms with Crippen LogP contribution in [0.1, 0.15) is 0 Å². The van der Waals surface area contributed by atoms with E-state index in [2.05, 4.69) is 4.98 Å². The number of ether oxygens (including phenoxy) is 1. The van der Waals surface area contributed by atoms with E-state index in [-0.39, 0.29) is 0 Å². The maximum Gasteiger partial charge on any atom is 0.139 e. The highest BCUT2D eigenvalue weighted by molar-refractivity contribution is 5.45. The first kappa shape index (κ1) is 6.82. The molecule has 10 heavy (non-hydrogen) atoms. The van der Waals surface area contributed by atoms with E-state index in [0.29, 0.717) is 11.4 Å². The summed E-state index contributed by atoms with van der Waals surface area (Å²) in [5, 5.41) is 10.1.